The summed E-state index contributed by atoms with van der Waals surface area (Å²) in [4.78, 5) is 32.6. The van der Waals surface area contributed by atoms with Crippen LogP contribution in [0.3, 0.4) is 0 Å². The Labute approximate surface area is 289 Å². The summed E-state index contributed by atoms with van der Waals surface area (Å²) in [5.74, 6) is 0.743. The number of thiazole rings is 1. The van der Waals surface area contributed by atoms with Crippen molar-refractivity contribution >= 4 is 77.8 Å². The van der Waals surface area contributed by atoms with Crippen LogP contribution in [0.15, 0.2) is 90.7 Å². The first-order chi connectivity index (χ1) is 21.1. The average molecular weight is 852 g/mol. The van der Waals surface area contributed by atoms with Crippen molar-refractivity contribution in [2.75, 3.05) is 6.61 Å². The molecular formula is C33H29Br2IN2O5S. The molecular weight excluding hydrogens is 823 g/mol. The van der Waals surface area contributed by atoms with Gasteiger partial charge in [-0.1, -0.05) is 41.7 Å². The molecule has 228 valence electrons. The first-order valence-electron chi connectivity index (χ1n) is 13.9. The molecule has 5 rings (SSSR count). The van der Waals surface area contributed by atoms with E-state index in [4.69, 9.17) is 14.2 Å². The van der Waals surface area contributed by atoms with Crippen molar-refractivity contribution in [1.29, 1.82) is 0 Å². The topological polar surface area (TPSA) is 79.1 Å². The standard InChI is InChI=1S/C33H29Br2IN2O5S/c1-5-41-32(40)28-19(4)37-33-38(29(28)23-8-6-7-9-26(23)43-18(2)3)31(39)27(44-33)16-21-14-24(34)30(25(35)15-21)42-17-20-10-12-22(36)13-11-20/h6-16,18,29H,5,17H2,1-4H3/b27-16+/t29-/m1/s1. The van der Waals surface area contributed by atoms with Gasteiger partial charge in [-0.3, -0.25) is 9.36 Å². The van der Waals surface area contributed by atoms with E-state index in [0.29, 0.717) is 44.3 Å². The van der Waals surface area contributed by atoms with Gasteiger partial charge in [0, 0.05) is 9.13 Å². The molecule has 0 saturated heterocycles. The van der Waals surface area contributed by atoms with Crippen molar-refractivity contribution in [2.24, 2.45) is 4.99 Å². The predicted octanol–water partition coefficient (Wildman–Crippen LogP) is 7.29. The number of ether oxygens (including phenoxy) is 3. The highest BCUT2D eigenvalue weighted by molar-refractivity contribution is 14.1. The van der Waals surface area contributed by atoms with Crippen LogP contribution < -0.4 is 24.4 Å². The van der Waals surface area contributed by atoms with Crippen LogP contribution in [0.2, 0.25) is 0 Å². The van der Waals surface area contributed by atoms with Gasteiger partial charge in [-0.15, -0.1) is 0 Å². The van der Waals surface area contributed by atoms with Crippen LogP contribution in [0.25, 0.3) is 6.08 Å². The van der Waals surface area contributed by atoms with Gasteiger partial charge < -0.3 is 14.2 Å². The van der Waals surface area contributed by atoms with Crippen LogP contribution in [0.1, 0.15) is 50.4 Å². The molecule has 0 fully saturated rings. The molecule has 4 aromatic rings. The van der Waals surface area contributed by atoms with E-state index in [1.165, 1.54) is 11.3 Å². The zero-order valence-electron chi connectivity index (χ0n) is 24.4. The number of benzene rings is 3. The zero-order chi connectivity index (χ0) is 31.5. The number of para-hydroxylation sites is 1. The molecule has 0 saturated carbocycles. The van der Waals surface area contributed by atoms with Crippen LogP contribution in [0.5, 0.6) is 11.5 Å². The summed E-state index contributed by atoms with van der Waals surface area (Å²) >= 11 is 10.8. The summed E-state index contributed by atoms with van der Waals surface area (Å²) in [5.41, 5.74) is 3.08. The Bertz CT molecular complexity index is 1910. The van der Waals surface area contributed by atoms with Crippen molar-refractivity contribution in [3.8, 4) is 11.5 Å². The van der Waals surface area contributed by atoms with E-state index in [9.17, 15) is 9.59 Å². The number of aromatic nitrogens is 1. The van der Waals surface area contributed by atoms with Crippen LogP contribution in [0.4, 0.5) is 0 Å². The SMILES string of the molecule is CCOC(=O)C1=C(C)N=c2s/c(=C/c3cc(Br)c(OCc4ccc(I)cc4)c(Br)c3)c(=O)n2[C@@H]1c1ccccc1OC(C)C. The van der Waals surface area contributed by atoms with Crippen molar-refractivity contribution in [3.63, 3.8) is 0 Å². The van der Waals surface area contributed by atoms with E-state index in [-0.39, 0.29) is 18.3 Å². The van der Waals surface area contributed by atoms with Crippen molar-refractivity contribution < 1.29 is 19.0 Å². The van der Waals surface area contributed by atoms with Crippen molar-refractivity contribution in [1.82, 2.24) is 4.57 Å². The Hall–Kier alpha value is -2.74. The lowest BCUT2D eigenvalue weighted by atomic mass is 9.95. The highest BCUT2D eigenvalue weighted by atomic mass is 127. The number of allylic oxidation sites excluding steroid dienone is 1. The van der Waals surface area contributed by atoms with E-state index in [0.717, 1.165) is 23.6 Å². The van der Waals surface area contributed by atoms with E-state index in [2.05, 4.69) is 59.4 Å². The third-order valence-corrected chi connectivity index (χ3v) is 9.59. The maximum absolute atomic E-state index is 14.1. The van der Waals surface area contributed by atoms with Gasteiger partial charge in [-0.05, 0) is 130 Å². The molecule has 0 N–H and O–H groups in total. The molecule has 1 atom stereocenters. The van der Waals surface area contributed by atoms with E-state index < -0.39 is 12.0 Å². The normalized spacial score (nSPS) is 14.8. The fraction of sp³-hybridized carbons (Fsp3) is 0.242. The number of fused-ring (bicyclic) bond motifs is 1. The summed E-state index contributed by atoms with van der Waals surface area (Å²) in [7, 11) is 0. The maximum Gasteiger partial charge on any atom is 0.338 e. The second-order valence-electron chi connectivity index (χ2n) is 10.2. The van der Waals surface area contributed by atoms with Crippen LogP contribution in [0, 0.1) is 3.57 Å². The quantitative estimate of drug-likeness (QED) is 0.131. The van der Waals surface area contributed by atoms with Gasteiger partial charge in [0.05, 0.1) is 37.5 Å². The van der Waals surface area contributed by atoms with E-state index >= 15 is 0 Å². The largest absolute Gasteiger partial charge is 0.491 e. The number of halogens is 3. The molecule has 0 unspecified atom stereocenters. The lowest BCUT2D eigenvalue weighted by molar-refractivity contribution is -0.139. The average Bonchev–Trinajstić information content (AvgIpc) is 3.26. The van der Waals surface area contributed by atoms with E-state index in [1.54, 1.807) is 18.4 Å². The van der Waals surface area contributed by atoms with Crippen molar-refractivity contribution in [3.05, 3.63) is 121 Å². The number of carbonyl (C=O) groups is 1. The van der Waals surface area contributed by atoms with Crippen LogP contribution in [-0.4, -0.2) is 23.2 Å². The molecule has 3 aromatic carbocycles. The maximum atomic E-state index is 14.1. The Kier molecular flexibility index (Phi) is 10.5. The zero-order valence-corrected chi connectivity index (χ0v) is 30.5. The molecule has 0 aliphatic carbocycles. The van der Waals surface area contributed by atoms with Gasteiger partial charge in [-0.2, -0.15) is 0 Å². The first kappa shape index (κ1) is 32.6. The number of rotatable bonds is 9. The Balaban J connectivity index is 1.58. The fourth-order valence-electron chi connectivity index (χ4n) is 4.84. The number of hydrogen-bond acceptors (Lipinski definition) is 7. The van der Waals surface area contributed by atoms with E-state index in [1.807, 2.05) is 80.6 Å². The summed E-state index contributed by atoms with van der Waals surface area (Å²) in [6.45, 7) is 8.00. The molecule has 1 aliphatic rings. The predicted molar refractivity (Wildman–Crippen MR) is 188 cm³/mol. The molecule has 0 bridgehead atoms. The molecule has 0 radical (unpaired) electrons. The van der Waals surface area contributed by atoms with Gasteiger partial charge in [0.2, 0.25) is 0 Å². The van der Waals surface area contributed by atoms with Gasteiger partial charge >= 0.3 is 5.97 Å². The molecule has 1 aliphatic heterocycles. The Morgan fingerprint density at radius 3 is 2.45 bits per heavy atom. The van der Waals surface area contributed by atoms with Gasteiger partial charge in [0.25, 0.3) is 5.56 Å². The van der Waals surface area contributed by atoms with Crippen molar-refractivity contribution in [2.45, 2.75) is 46.4 Å². The number of carbonyl (C=O) groups excluding carboxylic acids is 1. The minimum Gasteiger partial charge on any atom is -0.491 e. The molecule has 2 heterocycles. The molecule has 11 heteroatoms. The number of esters is 1. The summed E-state index contributed by atoms with van der Waals surface area (Å²) in [6, 6.07) is 18.7. The fourth-order valence-corrected chi connectivity index (χ4v) is 7.70. The highest BCUT2D eigenvalue weighted by Gasteiger charge is 2.35. The highest BCUT2D eigenvalue weighted by Crippen LogP contribution is 2.37. The third kappa shape index (κ3) is 7.05. The Morgan fingerprint density at radius 2 is 1.80 bits per heavy atom. The number of nitrogens with zero attached hydrogens (tertiary/aromatic N) is 2. The summed E-state index contributed by atoms with van der Waals surface area (Å²) in [5, 5.41) is 0. The second kappa shape index (κ2) is 14.1. The molecule has 0 spiro atoms. The van der Waals surface area contributed by atoms with Gasteiger partial charge in [0.15, 0.2) is 4.80 Å². The third-order valence-electron chi connectivity index (χ3n) is 6.71. The first-order valence-corrected chi connectivity index (χ1v) is 17.4. The minimum absolute atomic E-state index is 0.108. The van der Waals surface area contributed by atoms with Crippen LogP contribution >= 0.6 is 65.8 Å². The monoisotopic (exact) mass is 850 g/mol. The van der Waals surface area contributed by atoms with Gasteiger partial charge in [0.1, 0.15) is 24.1 Å². The Morgan fingerprint density at radius 1 is 1.11 bits per heavy atom. The van der Waals surface area contributed by atoms with Crippen LogP contribution in [-0.2, 0) is 16.1 Å². The lowest BCUT2D eigenvalue weighted by Gasteiger charge is -2.26. The lowest BCUT2D eigenvalue weighted by Crippen LogP contribution is -2.40. The van der Waals surface area contributed by atoms with Gasteiger partial charge in [-0.25, -0.2) is 9.79 Å². The summed E-state index contributed by atoms with van der Waals surface area (Å²) < 4.78 is 22.4. The second-order valence-corrected chi connectivity index (χ2v) is 14.2. The summed E-state index contributed by atoms with van der Waals surface area (Å²) in [6.07, 6.45) is 1.71. The molecule has 1 aromatic heterocycles. The molecule has 0 amide bonds. The smallest absolute Gasteiger partial charge is 0.338 e. The molecule has 7 nitrogen and oxygen atoms in total. The molecule has 44 heavy (non-hydrogen) atoms. The minimum atomic E-state index is -0.766. The number of hydrogen-bond donors (Lipinski definition) is 0.